The van der Waals surface area contributed by atoms with Crippen LogP contribution in [-0.2, 0) is 25.0 Å². The Balaban J connectivity index is 0.00000144. The fourth-order valence-electron chi connectivity index (χ4n) is 1.70. The van der Waals surface area contributed by atoms with Crippen LogP contribution in [0.5, 0.6) is 0 Å². The van der Waals surface area contributed by atoms with Crippen LogP contribution in [0, 0.1) is 0 Å². The number of rotatable bonds is 3. The van der Waals surface area contributed by atoms with Crippen molar-refractivity contribution in [3.05, 3.63) is 71.3 Å². The standard InChI is InChI=1S/C14H12O2.V/c15-14(16)13-9-5-4-8-12(13)10-11-6-2-1-3-7-11;/h1-9H,10H2,(H,15,16);. The molecule has 0 aliphatic heterocycles. The second-order valence-electron chi connectivity index (χ2n) is 3.62. The Morgan fingerprint density at radius 3 is 2.18 bits per heavy atom. The van der Waals surface area contributed by atoms with E-state index in [1.54, 1.807) is 12.1 Å². The fourth-order valence-corrected chi connectivity index (χ4v) is 1.70. The van der Waals surface area contributed by atoms with E-state index in [9.17, 15) is 4.79 Å². The van der Waals surface area contributed by atoms with Gasteiger partial charge in [0.25, 0.3) is 0 Å². The first kappa shape index (κ1) is 13.6. The molecule has 17 heavy (non-hydrogen) atoms. The predicted octanol–water partition coefficient (Wildman–Crippen LogP) is 2.97. The van der Waals surface area contributed by atoms with Gasteiger partial charge in [-0.05, 0) is 23.6 Å². The van der Waals surface area contributed by atoms with Gasteiger partial charge < -0.3 is 5.11 Å². The summed E-state index contributed by atoms with van der Waals surface area (Å²) in [7, 11) is 0. The zero-order valence-electron chi connectivity index (χ0n) is 9.21. The molecule has 0 saturated carbocycles. The Hall–Kier alpha value is -1.51. The van der Waals surface area contributed by atoms with Crippen LogP contribution >= 0.6 is 0 Å². The Bertz CT molecular complexity index is 495. The molecule has 0 aromatic heterocycles. The Kier molecular flexibility index (Phi) is 5.01. The van der Waals surface area contributed by atoms with Crippen LogP contribution in [-0.4, -0.2) is 11.1 Å². The Morgan fingerprint density at radius 2 is 1.53 bits per heavy atom. The molecule has 0 aliphatic carbocycles. The number of hydrogen-bond donors (Lipinski definition) is 1. The summed E-state index contributed by atoms with van der Waals surface area (Å²) in [6, 6.07) is 17.0. The third-order valence-corrected chi connectivity index (χ3v) is 2.49. The molecule has 3 heteroatoms. The molecule has 0 bridgehead atoms. The molecule has 2 rings (SSSR count). The van der Waals surface area contributed by atoms with E-state index in [1.807, 2.05) is 42.5 Å². The Morgan fingerprint density at radius 1 is 0.941 bits per heavy atom. The third kappa shape index (κ3) is 3.48. The smallest absolute Gasteiger partial charge is 0.335 e. The van der Waals surface area contributed by atoms with E-state index in [-0.39, 0.29) is 18.6 Å². The first-order chi connectivity index (χ1) is 7.77. The quantitative estimate of drug-likeness (QED) is 0.924. The van der Waals surface area contributed by atoms with Gasteiger partial charge in [-0.1, -0.05) is 48.5 Å². The summed E-state index contributed by atoms with van der Waals surface area (Å²) < 4.78 is 0. The largest absolute Gasteiger partial charge is 0.478 e. The van der Waals surface area contributed by atoms with E-state index in [0.717, 1.165) is 11.1 Å². The summed E-state index contributed by atoms with van der Waals surface area (Å²) in [5, 5.41) is 9.04. The zero-order chi connectivity index (χ0) is 11.4. The summed E-state index contributed by atoms with van der Waals surface area (Å²) in [6.45, 7) is 0. The van der Waals surface area contributed by atoms with Crippen molar-refractivity contribution in [1.82, 2.24) is 0 Å². The van der Waals surface area contributed by atoms with Crippen molar-refractivity contribution in [2.24, 2.45) is 0 Å². The molecule has 85 valence electrons. The molecule has 2 aromatic rings. The maximum Gasteiger partial charge on any atom is 0.335 e. The molecule has 1 N–H and O–H groups in total. The second kappa shape index (κ2) is 6.28. The van der Waals surface area contributed by atoms with Crippen LogP contribution in [0.4, 0.5) is 0 Å². The van der Waals surface area contributed by atoms with Gasteiger partial charge in [-0.15, -0.1) is 0 Å². The molecule has 0 atom stereocenters. The van der Waals surface area contributed by atoms with Gasteiger partial charge in [0.1, 0.15) is 0 Å². The van der Waals surface area contributed by atoms with Crippen molar-refractivity contribution in [3.8, 4) is 0 Å². The van der Waals surface area contributed by atoms with Gasteiger partial charge in [-0.3, -0.25) is 0 Å². The van der Waals surface area contributed by atoms with Gasteiger partial charge in [-0.25, -0.2) is 4.79 Å². The van der Waals surface area contributed by atoms with Crippen molar-refractivity contribution in [1.29, 1.82) is 0 Å². The third-order valence-electron chi connectivity index (χ3n) is 2.49. The maximum atomic E-state index is 11.0. The van der Waals surface area contributed by atoms with Crippen LogP contribution in [0.3, 0.4) is 0 Å². The molecule has 0 fully saturated rings. The summed E-state index contributed by atoms with van der Waals surface area (Å²) in [6.07, 6.45) is 0.656. The number of aromatic carboxylic acids is 1. The van der Waals surface area contributed by atoms with E-state index in [0.29, 0.717) is 12.0 Å². The van der Waals surface area contributed by atoms with Crippen molar-refractivity contribution in [2.45, 2.75) is 6.42 Å². The van der Waals surface area contributed by atoms with Crippen LogP contribution < -0.4 is 0 Å². The molecular formula is C14H12O2V. The molecule has 0 saturated heterocycles. The first-order valence-corrected chi connectivity index (χ1v) is 5.12. The van der Waals surface area contributed by atoms with Crippen LogP contribution in [0.25, 0.3) is 0 Å². The number of carboxylic acids is 1. The minimum atomic E-state index is -0.869. The summed E-state index contributed by atoms with van der Waals surface area (Å²) in [4.78, 5) is 11.0. The molecule has 2 nitrogen and oxygen atoms in total. The molecule has 0 unspecified atom stereocenters. The minimum absolute atomic E-state index is 0. The minimum Gasteiger partial charge on any atom is -0.478 e. The van der Waals surface area contributed by atoms with E-state index in [1.165, 1.54) is 0 Å². The molecule has 0 amide bonds. The number of carbonyl (C=O) groups is 1. The number of benzene rings is 2. The summed E-state index contributed by atoms with van der Waals surface area (Å²) >= 11 is 0. The topological polar surface area (TPSA) is 37.3 Å². The van der Waals surface area contributed by atoms with Gasteiger partial charge in [-0.2, -0.15) is 0 Å². The molecular weight excluding hydrogens is 251 g/mol. The molecule has 0 heterocycles. The summed E-state index contributed by atoms with van der Waals surface area (Å²) in [5.74, 6) is -0.869. The average molecular weight is 263 g/mol. The first-order valence-electron chi connectivity index (χ1n) is 5.12. The van der Waals surface area contributed by atoms with Crippen LogP contribution in [0.1, 0.15) is 21.5 Å². The fraction of sp³-hybridized carbons (Fsp3) is 0.0714. The van der Waals surface area contributed by atoms with Gasteiger partial charge >= 0.3 is 5.97 Å². The van der Waals surface area contributed by atoms with E-state index in [4.69, 9.17) is 5.11 Å². The monoisotopic (exact) mass is 263 g/mol. The van der Waals surface area contributed by atoms with Crippen LogP contribution in [0.15, 0.2) is 54.6 Å². The van der Waals surface area contributed by atoms with Crippen molar-refractivity contribution >= 4 is 5.97 Å². The SMILES string of the molecule is O=C(O)c1ccccc1Cc1ccccc1.[V]. The normalized spacial score (nSPS) is 9.41. The molecule has 2 aromatic carbocycles. The second-order valence-corrected chi connectivity index (χ2v) is 3.62. The van der Waals surface area contributed by atoms with Crippen LogP contribution in [0.2, 0.25) is 0 Å². The van der Waals surface area contributed by atoms with Gasteiger partial charge in [0.15, 0.2) is 0 Å². The predicted molar refractivity (Wildman–Crippen MR) is 62.6 cm³/mol. The average Bonchev–Trinajstić information content (AvgIpc) is 2.31. The van der Waals surface area contributed by atoms with Gasteiger partial charge in [0.2, 0.25) is 0 Å². The molecule has 0 spiro atoms. The van der Waals surface area contributed by atoms with E-state index in [2.05, 4.69) is 0 Å². The molecule has 0 aliphatic rings. The zero-order valence-corrected chi connectivity index (χ0v) is 10.6. The molecule has 1 radical (unpaired) electrons. The van der Waals surface area contributed by atoms with E-state index >= 15 is 0 Å². The van der Waals surface area contributed by atoms with Crippen molar-refractivity contribution in [2.75, 3.05) is 0 Å². The van der Waals surface area contributed by atoms with Gasteiger partial charge in [0, 0.05) is 18.6 Å². The van der Waals surface area contributed by atoms with Crippen molar-refractivity contribution < 1.29 is 28.5 Å². The van der Waals surface area contributed by atoms with Crippen molar-refractivity contribution in [3.63, 3.8) is 0 Å². The maximum absolute atomic E-state index is 11.0. The summed E-state index contributed by atoms with van der Waals surface area (Å²) in [5.41, 5.74) is 2.35. The Labute approximate surface area is 112 Å². The number of hydrogen-bond acceptors (Lipinski definition) is 1. The number of carboxylic acid groups (broad SMARTS) is 1. The van der Waals surface area contributed by atoms with E-state index < -0.39 is 5.97 Å². The van der Waals surface area contributed by atoms with Gasteiger partial charge in [0.05, 0.1) is 5.56 Å².